The van der Waals surface area contributed by atoms with Crippen LogP contribution in [0.1, 0.15) is 12.6 Å². The Morgan fingerprint density at radius 3 is 2.71 bits per heavy atom. The zero-order valence-corrected chi connectivity index (χ0v) is 14.7. The molecule has 0 amide bonds. The Morgan fingerprint density at radius 1 is 1.43 bits per heavy atom. The van der Waals surface area contributed by atoms with Crippen LogP contribution < -0.4 is 0 Å². The van der Waals surface area contributed by atoms with E-state index in [1.165, 1.54) is 30.9 Å². The monoisotopic (exact) mass is 372 g/mol. The highest BCUT2D eigenvalue weighted by atomic mass is 35.5. The number of hydrogen-bond acceptors (Lipinski definition) is 5. The van der Waals surface area contributed by atoms with Crippen LogP contribution in [-0.2, 0) is 25.7 Å². The van der Waals surface area contributed by atoms with Gasteiger partial charge in [0.2, 0.25) is 10.0 Å². The van der Waals surface area contributed by atoms with E-state index < -0.39 is 25.2 Å². The Hall–Kier alpha value is -0.220. The van der Waals surface area contributed by atoms with Crippen LogP contribution in [0.4, 0.5) is 0 Å². The number of aromatic nitrogens is 1. The molecule has 10 heteroatoms. The molecule has 1 aromatic heterocycles. The molecule has 1 N–H and O–H groups in total. The average Bonchev–Trinajstić information content (AvgIpc) is 2.97. The highest BCUT2D eigenvalue weighted by Gasteiger charge is 2.40. The zero-order chi connectivity index (χ0) is 15.7. The third-order valence-electron chi connectivity index (χ3n) is 3.32. The van der Waals surface area contributed by atoms with Gasteiger partial charge < -0.3 is 4.98 Å². The van der Waals surface area contributed by atoms with Crippen LogP contribution in [0.3, 0.4) is 0 Å². The van der Waals surface area contributed by atoms with Crippen molar-refractivity contribution < 1.29 is 16.8 Å². The van der Waals surface area contributed by atoms with Gasteiger partial charge in [-0.2, -0.15) is 16.1 Å². The van der Waals surface area contributed by atoms with Crippen molar-refractivity contribution in [2.24, 2.45) is 0 Å². The topological polar surface area (TPSA) is 87.3 Å². The summed E-state index contributed by atoms with van der Waals surface area (Å²) in [5, 5.41) is -0.999. The zero-order valence-electron chi connectivity index (χ0n) is 11.5. The lowest BCUT2D eigenvalue weighted by Gasteiger charge is -2.33. The first-order valence-electron chi connectivity index (χ1n) is 6.37. The van der Waals surface area contributed by atoms with Crippen molar-refractivity contribution in [3.63, 3.8) is 0 Å². The second kappa shape index (κ2) is 6.49. The highest BCUT2D eigenvalue weighted by molar-refractivity contribution is 8.01. The molecular formula is C11H17ClN2O4S3. The second-order valence-electron chi connectivity index (χ2n) is 4.59. The van der Waals surface area contributed by atoms with E-state index in [1.807, 2.05) is 0 Å². The van der Waals surface area contributed by atoms with Crippen molar-refractivity contribution in [1.82, 2.24) is 9.29 Å². The van der Waals surface area contributed by atoms with Crippen LogP contribution in [0.5, 0.6) is 0 Å². The quantitative estimate of drug-likeness (QED) is 0.786. The smallest absolute Gasteiger partial charge is 0.245 e. The number of sulfone groups is 1. The molecule has 1 aromatic rings. The van der Waals surface area contributed by atoms with E-state index in [4.69, 9.17) is 11.6 Å². The Morgan fingerprint density at radius 2 is 2.14 bits per heavy atom. The van der Waals surface area contributed by atoms with Gasteiger partial charge in [-0.05, 0) is 6.07 Å². The molecule has 21 heavy (non-hydrogen) atoms. The molecule has 2 heterocycles. The van der Waals surface area contributed by atoms with Crippen LogP contribution in [0, 0.1) is 0 Å². The van der Waals surface area contributed by atoms with Crippen molar-refractivity contribution in [3.05, 3.63) is 18.0 Å². The predicted octanol–water partition coefficient (Wildman–Crippen LogP) is 1.25. The molecule has 0 radical (unpaired) electrons. The molecule has 0 saturated carbocycles. The lowest BCUT2D eigenvalue weighted by Crippen LogP contribution is -2.50. The number of halogens is 1. The number of sulfonamides is 1. The summed E-state index contributed by atoms with van der Waals surface area (Å²) in [4.78, 5) is 2.83. The fourth-order valence-corrected chi connectivity index (χ4v) is 7.52. The van der Waals surface area contributed by atoms with Gasteiger partial charge in [0.15, 0.2) is 9.84 Å². The summed E-state index contributed by atoms with van der Waals surface area (Å²) >= 11 is 7.12. The summed E-state index contributed by atoms with van der Waals surface area (Å²) in [6.45, 7) is 1.72. The van der Waals surface area contributed by atoms with Gasteiger partial charge >= 0.3 is 0 Å². The molecular weight excluding hydrogens is 356 g/mol. The molecule has 0 spiro atoms. The first-order chi connectivity index (χ1) is 9.82. The lowest BCUT2D eigenvalue weighted by molar-refractivity contribution is 0.404. The highest BCUT2D eigenvalue weighted by Crippen LogP contribution is 2.28. The van der Waals surface area contributed by atoms with E-state index in [2.05, 4.69) is 4.98 Å². The molecule has 0 aromatic carbocycles. The number of H-pyrrole nitrogens is 1. The van der Waals surface area contributed by atoms with E-state index in [0.29, 0.717) is 11.4 Å². The third-order valence-corrected chi connectivity index (χ3v) is 8.92. The van der Waals surface area contributed by atoms with Crippen molar-refractivity contribution in [3.8, 4) is 0 Å². The van der Waals surface area contributed by atoms with Gasteiger partial charge in [-0.1, -0.05) is 6.92 Å². The molecule has 120 valence electrons. The molecule has 1 aliphatic rings. The fourth-order valence-electron chi connectivity index (χ4n) is 2.10. The molecule has 1 saturated heterocycles. The number of nitrogens with one attached hydrogen (secondary N) is 1. The number of rotatable bonds is 5. The molecule has 6 nitrogen and oxygen atoms in total. The van der Waals surface area contributed by atoms with Crippen LogP contribution in [0.25, 0.3) is 0 Å². The van der Waals surface area contributed by atoms with Crippen molar-refractivity contribution in [1.29, 1.82) is 0 Å². The summed E-state index contributed by atoms with van der Waals surface area (Å²) in [6, 6.07) is 1.44. The Bertz CT molecular complexity index is 699. The van der Waals surface area contributed by atoms with E-state index in [9.17, 15) is 16.8 Å². The summed E-state index contributed by atoms with van der Waals surface area (Å²) in [6.07, 6.45) is 1.35. The minimum atomic E-state index is -3.84. The van der Waals surface area contributed by atoms with Gasteiger partial charge in [0.25, 0.3) is 0 Å². The van der Waals surface area contributed by atoms with E-state index in [-0.39, 0.29) is 28.8 Å². The maximum atomic E-state index is 12.7. The van der Waals surface area contributed by atoms with Crippen LogP contribution >= 0.6 is 23.4 Å². The Kier molecular flexibility index (Phi) is 5.30. The predicted molar refractivity (Wildman–Crippen MR) is 84.8 cm³/mol. The van der Waals surface area contributed by atoms with E-state index >= 15 is 0 Å². The first-order valence-corrected chi connectivity index (χ1v) is 11.2. The molecule has 1 aliphatic heterocycles. The number of nitrogens with zero attached hydrogens (tertiary/aromatic N) is 1. The van der Waals surface area contributed by atoms with Gasteiger partial charge in [0.05, 0.1) is 10.8 Å². The average molecular weight is 373 g/mol. The number of thioether (sulfide) groups is 1. The van der Waals surface area contributed by atoms with Crippen LogP contribution in [0.2, 0.25) is 0 Å². The lowest BCUT2D eigenvalue weighted by atomic mass is 10.5. The number of hydrogen-bond donors (Lipinski definition) is 1. The van der Waals surface area contributed by atoms with Gasteiger partial charge in [-0.3, -0.25) is 0 Å². The van der Waals surface area contributed by atoms with Crippen molar-refractivity contribution in [2.45, 2.75) is 23.1 Å². The molecule has 0 aliphatic carbocycles. The van der Waals surface area contributed by atoms with E-state index in [0.717, 1.165) is 4.31 Å². The summed E-state index contributed by atoms with van der Waals surface area (Å²) < 4.78 is 50.8. The number of alkyl halides is 1. The summed E-state index contributed by atoms with van der Waals surface area (Å²) in [7, 11) is -7.31. The summed E-state index contributed by atoms with van der Waals surface area (Å²) in [5.41, 5.74) is 0.580. The van der Waals surface area contributed by atoms with Gasteiger partial charge in [-0.25, -0.2) is 16.8 Å². The second-order valence-corrected chi connectivity index (χ2v) is 10.3. The van der Waals surface area contributed by atoms with E-state index in [1.54, 1.807) is 0 Å². The van der Waals surface area contributed by atoms with Gasteiger partial charge in [-0.15, -0.1) is 11.6 Å². The maximum absolute atomic E-state index is 12.7. The van der Waals surface area contributed by atoms with Gasteiger partial charge in [0.1, 0.15) is 5.37 Å². The minimum absolute atomic E-state index is 0.0568. The van der Waals surface area contributed by atoms with Crippen molar-refractivity contribution >= 4 is 43.2 Å². The fraction of sp³-hybridized carbons (Fsp3) is 0.636. The largest absolute Gasteiger partial charge is 0.363 e. The Balaban J connectivity index is 2.40. The molecule has 2 rings (SSSR count). The Labute approximate surface area is 134 Å². The van der Waals surface area contributed by atoms with Gasteiger partial charge in [0, 0.05) is 35.7 Å². The molecule has 1 unspecified atom stereocenters. The third kappa shape index (κ3) is 3.42. The SMILES string of the molecule is CCS(=O)(=O)C1CSCCN1S(=O)(=O)c1c[nH]c(CCl)c1. The normalized spacial score (nSPS) is 21.5. The van der Waals surface area contributed by atoms with Crippen LogP contribution in [0.15, 0.2) is 17.2 Å². The first kappa shape index (κ1) is 17.1. The maximum Gasteiger partial charge on any atom is 0.245 e. The standard InChI is InChI=1S/C11H17ClN2O4S3/c1-2-20(15,16)11-8-19-4-3-14(11)21(17,18)10-5-9(6-12)13-7-10/h5,7,11,13H,2-4,6,8H2,1H3. The minimum Gasteiger partial charge on any atom is -0.363 e. The number of aromatic amines is 1. The molecule has 1 fully saturated rings. The molecule has 1 atom stereocenters. The molecule has 0 bridgehead atoms. The van der Waals surface area contributed by atoms with Crippen molar-refractivity contribution in [2.75, 3.05) is 23.8 Å². The summed E-state index contributed by atoms with van der Waals surface area (Å²) in [5.74, 6) is 0.941. The van der Waals surface area contributed by atoms with Crippen LogP contribution in [-0.4, -0.2) is 55.3 Å².